The van der Waals surface area contributed by atoms with Gasteiger partial charge >= 0.3 is 11.9 Å². The van der Waals surface area contributed by atoms with Crippen LogP contribution in [0.25, 0.3) is 0 Å². The number of carbonyl (C=O) groups is 2. The molecule has 0 fully saturated rings. The second kappa shape index (κ2) is 31.5. The van der Waals surface area contributed by atoms with Crippen molar-refractivity contribution in [1.29, 1.82) is 0 Å². The fourth-order valence-corrected chi connectivity index (χ4v) is 20.1. The van der Waals surface area contributed by atoms with Crippen LogP contribution in [0.15, 0.2) is 206 Å². The monoisotopic (exact) mass is 1200 g/mol. The number of halogens is 1. The molecule has 0 bridgehead atoms. The summed E-state index contributed by atoms with van der Waals surface area (Å²) in [7, 11) is -5.27. The maximum Gasteiger partial charge on any atom is 0.338 e. The highest BCUT2D eigenvalue weighted by Gasteiger charge is 2.52. The number of benzene rings is 6. The Labute approximate surface area is 484 Å². The molecule has 0 saturated carbocycles. The van der Waals surface area contributed by atoms with Crippen molar-refractivity contribution in [3.63, 3.8) is 0 Å². The number of hydrogen-bond donors (Lipinski definition) is 1. The second-order valence-electron chi connectivity index (χ2n) is 22.6. The molecule has 6 rings (SSSR count). The van der Waals surface area contributed by atoms with Gasteiger partial charge < -0.3 is 23.4 Å². The van der Waals surface area contributed by atoms with E-state index < -0.39 is 16.6 Å². The van der Waals surface area contributed by atoms with Gasteiger partial charge in [0.1, 0.15) is 12.2 Å². The third-order valence-electron chi connectivity index (χ3n) is 14.4. The number of esters is 2. The molecule has 416 valence electrons. The minimum atomic E-state index is -2.65. The number of hydrogen-bond acceptors (Lipinski definition) is 7. The minimum Gasteiger partial charge on any atom is -0.454 e. The fraction of sp³-hybridized carbons (Fsp3) is 0.382. The third kappa shape index (κ3) is 17.9. The van der Waals surface area contributed by atoms with E-state index in [9.17, 15) is 14.7 Å². The summed E-state index contributed by atoms with van der Waals surface area (Å²) in [4.78, 5) is 25.7. The van der Waals surface area contributed by atoms with Crippen LogP contribution in [0, 0.1) is 11.8 Å². The molecule has 0 aliphatic rings. The molecule has 2 unspecified atom stereocenters. The van der Waals surface area contributed by atoms with Crippen molar-refractivity contribution in [2.24, 2.45) is 11.8 Å². The molecule has 1 N–H and O–H groups in total. The van der Waals surface area contributed by atoms with Crippen LogP contribution >= 0.6 is 22.6 Å². The van der Waals surface area contributed by atoms with Crippen molar-refractivity contribution in [3.8, 4) is 0 Å². The standard InChI is InChI=1S/C34H43IO3Si.C34H44O4Si/c2*1-27(17-16-26-35)32(37-33(36)29-19-9-6-10-20-29)25-15-18-28(2)38-39(34(3,4)5,30-21-11-7-12-22-30)31-23-13-8-14-24-31/h6-15,19-25,27-28,32H,16-18,26H2,1-5H3;6-15,19-25,27-28,32,35H,16-18,26H2,1-5H3/b2*25-15-/t2*27-,28-,32?/m00/s1. The molecule has 0 saturated heterocycles. The van der Waals surface area contributed by atoms with Gasteiger partial charge in [-0.2, -0.15) is 0 Å². The van der Waals surface area contributed by atoms with Crippen LogP contribution in [0.2, 0.25) is 10.1 Å². The van der Waals surface area contributed by atoms with Crippen LogP contribution in [0.4, 0.5) is 0 Å². The Balaban J connectivity index is 0.000000287. The summed E-state index contributed by atoms with van der Waals surface area (Å²) in [5.74, 6) is -0.300. The SMILES string of the molecule is C[C@@H](C/C=C\C(OC(=O)c1ccccc1)[C@@H](C)CCCI)O[Si](c1ccccc1)(c1ccccc1)C(C)(C)C.C[C@@H](C/C=C\C(OC(=O)c1ccccc1)[C@@H](C)CCCO)O[Si](c1ccccc1)(c1ccccc1)C(C)(C)C. The second-order valence-corrected chi connectivity index (χ2v) is 32.2. The molecule has 0 amide bonds. The Kier molecular flexibility index (Phi) is 25.7. The lowest BCUT2D eigenvalue weighted by atomic mass is 9.98. The van der Waals surface area contributed by atoms with Crippen molar-refractivity contribution in [2.75, 3.05) is 11.0 Å². The topological polar surface area (TPSA) is 91.3 Å². The first kappa shape index (κ1) is 63.6. The maximum absolute atomic E-state index is 12.9. The Morgan fingerprint density at radius 1 is 0.474 bits per heavy atom. The van der Waals surface area contributed by atoms with Gasteiger partial charge in [0.2, 0.25) is 0 Å². The average molecular weight is 1200 g/mol. The number of aliphatic hydroxyl groups is 1. The van der Waals surface area contributed by atoms with E-state index in [1.165, 1.54) is 20.7 Å². The predicted molar refractivity (Wildman–Crippen MR) is 338 cm³/mol. The molecule has 0 spiro atoms. The summed E-state index contributed by atoms with van der Waals surface area (Å²) in [5, 5.41) is 14.2. The van der Waals surface area contributed by atoms with E-state index in [1.807, 2.05) is 42.5 Å². The van der Waals surface area contributed by atoms with Gasteiger partial charge in [-0.05, 0) is 136 Å². The highest BCUT2D eigenvalue weighted by Crippen LogP contribution is 2.39. The van der Waals surface area contributed by atoms with Gasteiger partial charge in [0.05, 0.1) is 11.1 Å². The van der Waals surface area contributed by atoms with Gasteiger partial charge in [-0.1, -0.05) is 248 Å². The van der Waals surface area contributed by atoms with E-state index in [0.29, 0.717) is 24.0 Å². The maximum atomic E-state index is 12.9. The first-order valence-corrected chi connectivity index (χ1v) is 33.3. The van der Waals surface area contributed by atoms with Crippen LogP contribution in [-0.2, 0) is 18.3 Å². The van der Waals surface area contributed by atoms with Crippen molar-refractivity contribution in [3.05, 3.63) is 217 Å². The number of aliphatic hydroxyl groups excluding tert-OH is 1. The summed E-state index contributed by atoms with van der Waals surface area (Å²) in [6.45, 7) is 22.4. The lowest BCUT2D eigenvalue weighted by molar-refractivity contribution is 0.0270. The molecule has 0 radical (unpaired) electrons. The van der Waals surface area contributed by atoms with Gasteiger partial charge in [0.25, 0.3) is 16.6 Å². The highest BCUT2D eigenvalue weighted by molar-refractivity contribution is 14.1. The van der Waals surface area contributed by atoms with E-state index in [-0.39, 0.29) is 64.9 Å². The average Bonchev–Trinajstić information content (AvgIpc) is 3.52. The smallest absolute Gasteiger partial charge is 0.338 e. The molecule has 6 aromatic carbocycles. The summed E-state index contributed by atoms with van der Waals surface area (Å²) < 4.78 is 27.4. The van der Waals surface area contributed by atoms with E-state index in [1.54, 1.807) is 24.3 Å². The van der Waals surface area contributed by atoms with Crippen molar-refractivity contribution >= 4 is 71.9 Å². The van der Waals surface area contributed by atoms with Crippen LogP contribution in [0.5, 0.6) is 0 Å². The molecule has 78 heavy (non-hydrogen) atoms. The van der Waals surface area contributed by atoms with Gasteiger partial charge in [0, 0.05) is 18.8 Å². The summed E-state index contributed by atoms with van der Waals surface area (Å²) >= 11 is 2.41. The van der Waals surface area contributed by atoms with E-state index >= 15 is 0 Å². The van der Waals surface area contributed by atoms with E-state index in [2.05, 4.69) is 231 Å². The number of ether oxygens (including phenoxy) is 2. The van der Waals surface area contributed by atoms with Crippen LogP contribution < -0.4 is 20.7 Å². The van der Waals surface area contributed by atoms with Crippen molar-refractivity contribution in [2.45, 2.75) is 142 Å². The van der Waals surface area contributed by atoms with Crippen molar-refractivity contribution in [1.82, 2.24) is 0 Å². The van der Waals surface area contributed by atoms with Crippen molar-refractivity contribution < 1.29 is 33.0 Å². The zero-order valence-corrected chi connectivity index (χ0v) is 52.2. The zero-order valence-electron chi connectivity index (χ0n) is 48.0. The molecule has 0 aliphatic carbocycles. The molecule has 0 heterocycles. The number of carbonyl (C=O) groups excluding carboxylic acids is 2. The highest BCUT2D eigenvalue weighted by atomic mass is 127. The predicted octanol–water partition coefficient (Wildman–Crippen LogP) is 14.5. The molecule has 0 aliphatic heterocycles. The quantitative estimate of drug-likeness (QED) is 0.0190. The Hall–Kier alpha value is -5.22. The van der Waals surface area contributed by atoms with E-state index in [4.69, 9.17) is 18.3 Å². The van der Waals surface area contributed by atoms with Crippen LogP contribution in [0.1, 0.15) is 128 Å². The van der Waals surface area contributed by atoms with Gasteiger partial charge in [0.15, 0.2) is 0 Å². The van der Waals surface area contributed by atoms with Gasteiger partial charge in [-0.3, -0.25) is 0 Å². The normalized spacial score (nSPS) is 14.6. The van der Waals surface area contributed by atoms with E-state index in [0.717, 1.165) is 30.1 Å². The summed E-state index contributed by atoms with van der Waals surface area (Å²) in [6, 6.07) is 61.1. The molecule has 10 heteroatoms. The van der Waals surface area contributed by atoms with Crippen LogP contribution in [0.3, 0.4) is 0 Å². The van der Waals surface area contributed by atoms with Gasteiger partial charge in [-0.25, -0.2) is 9.59 Å². The molecule has 7 nitrogen and oxygen atoms in total. The third-order valence-corrected chi connectivity index (χ3v) is 25.5. The Morgan fingerprint density at radius 3 is 1.03 bits per heavy atom. The molecular weight excluding hydrogens is 1110 g/mol. The first-order chi connectivity index (χ1) is 37.4. The Bertz CT molecular complexity index is 2430. The first-order valence-electron chi connectivity index (χ1n) is 28.0. The molecule has 6 aromatic rings. The summed E-state index contributed by atoms with van der Waals surface area (Å²) in [6.07, 6.45) is 12.5. The zero-order chi connectivity index (χ0) is 56.6. The minimum absolute atomic E-state index is 0.0114. The van der Waals surface area contributed by atoms with Gasteiger partial charge in [-0.15, -0.1) is 0 Å². The Morgan fingerprint density at radius 2 is 0.756 bits per heavy atom. The largest absolute Gasteiger partial charge is 0.454 e. The molecule has 0 aromatic heterocycles. The molecule has 6 atom stereocenters. The lowest BCUT2D eigenvalue weighted by Gasteiger charge is -2.44. The number of rotatable bonds is 26. The van der Waals surface area contributed by atoms with Crippen LogP contribution in [-0.4, -0.2) is 69.1 Å². The fourth-order valence-electron chi connectivity index (χ4n) is 10.3. The molecular formula is C68H87IO7Si2. The summed E-state index contributed by atoms with van der Waals surface area (Å²) in [5.41, 5.74) is 1.12. The number of alkyl halides is 1. The lowest BCUT2D eigenvalue weighted by Crippen LogP contribution is -2.67.